The van der Waals surface area contributed by atoms with Gasteiger partial charge in [0, 0.05) is 31.9 Å². The highest BCUT2D eigenvalue weighted by Gasteiger charge is 2.25. The van der Waals surface area contributed by atoms with Gasteiger partial charge in [0.2, 0.25) is 0 Å². The van der Waals surface area contributed by atoms with Crippen LogP contribution in [-0.2, 0) is 0 Å². The van der Waals surface area contributed by atoms with E-state index in [2.05, 4.69) is 20.4 Å². The topological polar surface area (TPSA) is 61.3 Å². The number of aliphatic hydroxyl groups is 1. The van der Waals surface area contributed by atoms with Gasteiger partial charge in [0.05, 0.1) is 6.10 Å². The maximum absolute atomic E-state index is 10.2. The van der Waals surface area contributed by atoms with Crippen LogP contribution in [0.15, 0.2) is 48.7 Å². The van der Waals surface area contributed by atoms with Gasteiger partial charge in [-0.2, -0.15) is 5.10 Å². The predicted molar refractivity (Wildman–Crippen MR) is 86.7 cm³/mol. The number of rotatable bonds is 6. The molecular weight excluding hydrogens is 276 g/mol. The number of anilines is 1. The molecule has 5 heteroatoms. The molecule has 0 bridgehead atoms. The Morgan fingerprint density at radius 1 is 1.23 bits per heavy atom. The number of hydrogen-bond donors (Lipinski definition) is 2. The van der Waals surface area contributed by atoms with Gasteiger partial charge in [-0.25, -0.2) is 0 Å². The number of benzene rings is 1. The molecule has 0 radical (unpaired) electrons. The Labute approximate surface area is 131 Å². The first-order chi connectivity index (χ1) is 10.8. The molecule has 116 valence electrons. The van der Waals surface area contributed by atoms with E-state index in [-0.39, 0.29) is 0 Å². The molecule has 1 fully saturated rings. The lowest BCUT2D eigenvalue weighted by molar-refractivity contribution is 0.174. The third-order valence-electron chi connectivity index (χ3n) is 4.13. The summed E-state index contributed by atoms with van der Waals surface area (Å²) >= 11 is 0. The van der Waals surface area contributed by atoms with Crippen LogP contribution in [0.3, 0.4) is 0 Å². The molecule has 1 aromatic heterocycles. The third-order valence-corrected chi connectivity index (χ3v) is 4.13. The molecular formula is C17H22N4O. The molecule has 2 unspecified atom stereocenters. The molecule has 1 saturated heterocycles. The lowest BCUT2D eigenvalue weighted by Crippen LogP contribution is -2.39. The molecule has 1 aliphatic heterocycles. The second-order valence-electron chi connectivity index (χ2n) is 5.66. The lowest BCUT2D eigenvalue weighted by Gasteiger charge is -2.26. The average molecular weight is 298 g/mol. The van der Waals surface area contributed by atoms with Crippen LogP contribution in [0, 0.1) is 0 Å². The van der Waals surface area contributed by atoms with Crippen molar-refractivity contribution in [3.63, 3.8) is 0 Å². The van der Waals surface area contributed by atoms with E-state index in [9.17, 15) is 5.11 Å². The summed E-state index contributed by atoms with van der Waals surface area (Å²) in [7, 11) is 0. The van der Waals surface area contributed by atoms with E-state index >= 15 is 0 Å². The summed E-state index contributed by atoms with van der Waals surface area (Å²) in [6, 6.07) is 14.1. The van der Waals surface area contributed by atoms with Crippen molar-refractivity contribution >= 4 is 5.82 Å². The summed E-state index contributed by atoms with van der Waals surface area (Å²) in [6.45, 7) is 2.43. The van der Waals surface area contributed by atoms with Crippen molar-refractivity contribution in [3.8, 4) is 0 Å². The molecule has 2 atom stereocenters. The van der Waals surface area contributed by atoms with Crippen molar-refractivity contribution in [2.45, 2.75) is 25.0 Å². The molecule has 2 aromatic rings. The fourth-order valence-electron chi connectivity index (χ4n) is 2.98. The highest BCUT2D eigenvalue weighted by atomic mass is 16.3. The van der Waals surface area contributed by atoms with Crippen molar-refractivity contribution < 1.29 is 5.11 Å². The highest BCUT2D eigenvalue weighted by molar-refractivity contribution is 5.39. The number of aliphatic hydroxyl groups excluding tert-OH is 1. The molecule has 5 nitrogen and oxygen atoms in total. The molecule has 0 amide bonds. The zero-order valence-corrected chi connectivity index (χ0v) is 12.6. The Morgan fingerprint density at radius 2 is 2.09 bits per heavy atom. The van der Waals surface area contributed by atoms with Crippen LogP contribution < -0.4 is 10.2 Å². The van der Waals surface area contributed by atoms with Crippen LogP contribution >= 0.6 is 0 Å². The SMILES string of the molecule is OC(CNCC1CCCN1c1cccnn1)c1ccccc1. The molecule has 1 aromatic carbocycles. The zero-order valence-electron chi connectivity index (χ0n) is 12.6. The Bertz CT molecular complexity index is 563. The first-order valence-corrected chi connectivity index (χ1v) is 7.82. The molecule has 2 heterocycles. The average Bonchev–Trinajstić information content (AvgIpc) is 3.05. The minimum absolute atomic E-state index is 0.416. The first-order valence-electron chi connectivity index (χ1n) is 7.82. The van der Waals surface area contributed by atoms with Crippen molar-refractivity contribution in [2.24, 2.45) is 0 Å². The maximum Gasteiger partial charge on any atom is 0.151 e. The maximum atomic E-state index is 10.2. The lowest BCUT2D eigenvalue weighted by atomic mass is 10.1. The summed E-state index contributed by atoms with van der Waals surface area (Å²) in [4.78, 5) is 2.30. The van der Waals surface area contributed by atoms with E-state index in [4.69, 9.17) is 0 Å². The normalized spacial score (nSPS) is 19.3. The van der Waals surface area contributed by atoms with Gasteiger partial charge in [0.25, 0.3) is 0 Å². The van der Waals surface area contributed by atoms with Gasteiger partial charge in [-0.3, -0.25) is 0 Å². The molecule has 0 spiro atoms. The van der Waals surface area contributed by atoms with Gasteiger partial charge in [-0.05, 0) is 30.5 Å². The summed E-state index contributed by atoms with van der Waals surface area (Å²) in [5.74, 6) is 0.940. The van der Waals surface area contributed by atoms with E-state index in [0.29, 0.717) is 12.6 Å². The van der Waals surface area contributed by atoms with Crippen LogP contribution in [0.5, 0.6) is 0 Å². The summed E-state index contributed by atoms with van der Waals surface area (Å²) in [6.07, 6.45) is 3.55. The second-order valence-corrected chi connectivity index (χ2v) is 5.66. The fraction of sp³-hybridized carbons (Fsp3) is 0.412. The molecule has 0 saturated carbocycles. The number of aromatic nitrogens is 2. The van der Waals surface area contributed by atoms with Gasteiger partial charge in [0.15, 0.2) is 5.82 Å². The van der Waals surface area contributed by atoms with E-state index in [0.717, 1.165) is 30.9 Å². The molecule has 22 heavy (non-hydrogen) atoms. The summed E-state index contributed by atoms with van der Waals surface area (Å²) in [5.41, 5.74) is 0.951. The summed E-state index contributed by atoms with van der Waals surface area (Å²) in [5, 5.41) is 21.7. The van der Waals surface area contributed by atoms with E-state index in [1.54, 1.807) is 6.20 Å². The predicted octanol–water partition coefficient (Wildman–Crippen LogP) is 1.77. The standard InChI is InChI=1S/C17H22N4O/c22-16(14-6-2-1-3-7-14)13-18-12-15-8-5-11-21(15)17-9-4-10-19-20-17/h1-4,6-7,9-10,15-16,18,22H,5,8,11-13H2. The Kier molecular flexibility index (Phi) is 4.98. The van der Waals surface area contributed by atoms with Crippen molar-refractivity contribution in [2.75, 3.05) is 24.5 Å². The molecule has 0 aliphatic carbocycles. The summed E-state index contributed by atoms with van der Waals surface area (Å²) < 4.78 is 0. The number of hydrogen-bond acceptors (Lipinski definition) is 5. The molecule has 3 rings (SSSR count). The number of nitrogens with zero attached hydrogens (tertiary/aromatic N) is 3. The van der Waals surface area contributed by atoms with Crippen LogP contribution in [0.1, 0.15) is 24.5 Å². The van der Waals surface area contributed by atoms with Crippen LogP contribution in [0.4, 0.5) is 5.82 Å². The van der Waals surface area contributed by atoms with Crippen LogP contribution in [0.25, 0.3) is 0 Å². The van der Waals surface area contributed by atoms with Crippen molar-refractivity contribution in [3.05, 3.63) is 54.2 Å². The van der Waals surface area contributed by atoms with Gasteiger partial charge >= 0.3 is 0 Å². The zero-order chi connectivity index (χ0) is 15.2. The van der Waals surface area contributed by atoms with E-state index in [1.165, 1.54) is 6.42 Å². The second kappa shape index (κ2) is 7.33. The van der Waals surface area contributed by atoms with Crippen molar-refractivity contribution in [1.82, 2.24) is 15.5 Å². The van der Waals surface area contributed by atoms with Crippen LogP contribution in [-0.4, -0.2) is 41.0 Å². The van der Waals surface area contributed by atoms with Gasteiger partial charge in [-0.15, -0.1) is 5.10 Å². The monoisotopic (exact) mass is 298 g/mol. The minimum Gasteiger partial charge on any atom is -0.387 e. The Morgan fingerprint density at radius 3 is 2.86 bits per heavy atom. The van der Waals surface area contributed by atoms with E-state index < -0.39 is 6.10 Å². The van der Waals surface area contributed by atoms with Gasteiger partial charge < -0.3 is 15.3 Å². The largest absolute Gasteiger partial charge is 0.387 e. The fourth-order valence-corrected chi connectivity index (χ4v) is 2.98. The Balaban J connectivity index is 1.51. The minimum atomic E-state index is -0.465. The smallest absolute Gasteiger partial charge is 0.151 e. The quantitative estimate of drug-likeness (QED) is 0.851. The Hall–Kier alpha value is -1.98. The highest BCUT2D eigenvalue weighted by Crippen LogP contribution is 2.22. The molecule has 1 aliphatic rings. The van der Waals surface area contributed by atoms with Gasteiger partial charge in [-0.1, -0.05) is 30.3 Å². The van der Waals surface area contributed by atoms with Crippen molar-refractivity contribution in [1.29, 1.82) is 0 Å². The molecule has 2 N–H and O–H groups in total. The third kappa shape index (κ3) is 3.61. The van der Waals surface area contributed by atoms with E-state index in [1.807, 2.05) is 42.5 Å². The van der Waals surface area contributed by atoms with Gasteiger partial charge in [0.1, 0.15) is 0 Å². The first kappa shape index (κ1) is 14.9. The van der Waals surface area contributed by atoms with Crippen LogP contribution in [0.2, 0.25) is 0 Å². The number of nitrogens with one attached hydrogen (secondary N) is 1.